The van der Waals surface area contributed by atoms with Gasteiger partial charge in [-0.3, -0.25) is 4.79 Å². The summed E-state index contributed by atoms with van der Waals surface area (Å²) in [4.78, 5) is 26.7. The summed E-state index contributed by atoms with van der Waals surface area (Å²) in [5.74, 6) is -0.438. The molecule has 0 unspecified atom stereocenters. The predicted octanol–water partition coefficient (Wildman–Crippen LogP) is 7.64. The summed E-state index contributed by atoms with van der Waals surface area (Å²) in [7, 11) is 0. The first-order chi connectivity index (χ1) is 22.5. The molecule has 0 aliphatic heterocycles. The maximum atomic E-state index is 14.6. The highest BCUT2D eigenvalue weighted by molar-refractivity contribution is 7.97. The van der Waals surface area contributed by atoms with Crippen molar-refractivity contribution in [1.82, 2.24) is 5.32 Å². The average molecular weight is 631 g/mol. The van der Waals surface area contributed by atoms with Gasteiger partial charge in [-0.25, -0.2) is 4.79 Å². The van der Waals surface area contributed by atoms with Crippen LogP contribution in [0.25, 0.3) is 0 Å². The fourth-order valence-corrected chi connectivity index (χ4v) is 11.5. The molecule has 1 amide bonds. The minimum Gasteiger partial charge on any atom is -0.465 e. The summed E-state index contributed by atoms with van der Waals surface area (Å²) in [5, 5.41) is 26.0. The van der Waals surface area contributed by atoms with Gasteiger partial charge in [-0.15, -0.1) is 0 Å². The highest BCUT2D eigenvalue weighted by atomic mass is 31.2. The molecule has 5 nitrogen and oxygen atoms in total. The number of ketones is 1. The number of hydrogen-bond acceptors (Lipinski definition) is 3. The van der Waals surface area contributed by atoms with Gasteiger partial charge in [0.15, 0.2) is 5.78 Å². The lowest BCUT2D eigenvalue weighted by Gasteiger charge is -2.38. The van der Waals surface area contributed by atoms with Crippen molar-refractivity contribution in [2.75, 3.05) is 0 Å². The van der Waals surface area contributed by atoms with Gasteiger partial charge in [0.2, 0.25) is 0 Å². The number of Topliss-reactive ketones (excluding diaryl/α,β-unsaturated/α-hetero) is 1. The zero-order valence-corrected chi connectivity index (χ0v) is 27.2. The monoisotopic (exact) mass is 630 g/mol. The fraction of sp³-hybridized carbons (Fsp3) is 0.300. The van der Waals surface area contributed by atoms with E-state index in [-0.39, 0.29) is 10.7 Å². The Morgan fingerprint density at radius 1 is 0.739 bits per heavy atom. The first kappa shape index (κ1) is 33.0. The Kier molecular flexibility index (Phi) is 11.3. The number of carbonyl (C=O) groups excluding carboxylic acids is 1. The molecular weight excluding hydrogens is 587 g/mol. The third-order valence-corrected chi connectivity index (χ3v) is 13.7. The molecule has 6 heteroatoms. The van der Waals surface area contributed by atoms with E-state index in [2.05, 4.69) is 41.7 Å². The molecule has 0 radical (unpaired) electrons. The quantitative estimate of drug-likeness (QED) is 0.117. The summed E-state index contributed by atoms with van der Waals surface area (Å²) in [6.07, 6.45) is 8.91. The van der Waals surface area contributed by atoms with Crippen LogP contribution in [0.15, 0.2) is 121 Å². The Bertz CT molecular complexity index is 1570. The maximum Gasteiger partial charge on any atom is 0.405 e. The van der Waals surface area contributed by atoms with Crippen LogP contribution < -0.4 is 21.2 Å². The molecule has 1 atom stereocenters. The van der Waals surface area contributed by atoms with Crippen molar-refractivity contribution < 1.29 is 14.7 Å². The molecular formula is C40H43N2O3P. The molecule has 4 aromatic carbocycles. The zero-order chi connectivity index (χ0) is 32.2. The number of unbranched alkanes of at least 4 members (excludes halogenated alkanes) is 1. The lowest BCUT2D eigenvalue weighted by molar-refractivity contribution is -0.114. The van der Waals surface area contributed by atoms with Crippen LogP contribution in [0.2, 0.25) is 0 Å². The molecule has 46 heavy (non-hydrogen) atoms. The van der Waals surface area contributed by atoms with E-state index in [0.717, 1.165) is 35.2 Å². The molecule has 5 rings (SSSR count). The molecule has 1 aliphatic rings. The number of amides is 1. The van der Waals surface area contributed by atoms with Crippen LogP contribution in [-0.4, -0.2) is 28.3 Å². The number of rotatable bonds is 13. The minimum absolute atomic E-state index is 0.114. The Balaban J connectivity index is 1.50. The maximum absolute atomic E-state index is 14.6. The van der Waals surface area contributed by atoms with Gasteiger partial charge in [-0.2, -0.15) is 5.26 Å². The van der Waals surface area contributed by atoms with Gasteiger partial charge < -0.3 is 10.4 Å². The van der Waals surface area contributed by atoms with Crippen LogP contribution in [0.5, 0.6) is 0 Å². The Labute approximate surface area is 273 Å². The summed E-state index contributed by atoms with van der Waals surface area (Å²) in [6, 6.07) is 41.3. The fourth-order valence-electron chi connectivity index (χ4n) is 7.36. The van der Waals surface area contributed by atoms with Crippen molar-refractivity contribution >= 4 is 40.0 Å². The van der Waals surface area contributed by atoms with E-state index in [1.54, 1.807) is 0 Å². The summed E-state index contributed by atoms with van der Waals surface area (Å²) in [5.41, 5.74) is 1.60. The second kappa shape index (κ2) is 15.7. The van der Waals surface area contributed by atoms with Gasteiger partial charge in [-0.05, 0) is 65.9 Å². The highest BCUT2D eigenvalue weighted by Gasteiger charge is 2.37. The summed E-state index contributed by atoms with van der Waals surface area (Å²) < 4.78 is 0. The van der Waals surface area contributed by atoms with E-state index in [9.17, 15) is 20.0 Å². The molecule has 0 heterocycles. The predicted molar refractivity (Wildman–Crippen MR) is 190 cm³/mol. The Hall–Kier alpha value is -4.39. The van der Waals surface area contributed by atoms with Gasteiger partial charge in [-0.1, -0.05) is 153 Å². The van der Waals surface area contributed by atoms with E-state index in [4.69, 9.17) is 0 Å². The zero-order valence-electron chi connectivity index (χ0n) is 26.4. The molecule has 0 aromatic heterocycles. The number of nitriles is 1. The van der Waals surface area contributed by atoms with Crippen LogP contribution in [0.3, 0.4) is 0 Å². The van der Waals surface area contributed by atoms with E-state index < -0.39 is 24.8 Å². The van der Waals surface area contributed by atoms with Crippen molar-refractivity contribution in [2.24, 2.45) is 5.41 Å². The summed E-state index contributed by atoms with van der Waals surface area (Å²) in [6.45, 7) is -2.95. The lowest BCUT2D eigenvalue weighted by atomic mass is 9.67. The molecule has 236 valence electrons. The van der Waals surface area contributed by atoms with Crippen LogP contribution in [-0.2, 0) is 11.2 Å². The van der Waals surface area contributed by atoms with Gasteiger partial charge >= 0.3 is 6.09 Å². The van der Waals surface area contributed by atoms with E-state index in [1.165, 1.54) is 37.7 Å². The highest BCUT2D eigenvalue weighted by Crippen LogP contribution is 2.47. The largest absolute Gasteiger partial charge is 0.465 e. The average Bonchev–Trinajstić information content (AvgIpc) is 3.10. The van der Waals surface area contributed by atoms with Crippen LogP contribution in [0.4, 0.5) is 4.79 Å². The summed E-state index contributed by atoms with van der Waals surface area (Å²) >= 11 is 0. The van der Waals surface area contributed by atoms with Gasteiger partial charge in [0.25, 0.3) is 0 Å². The molecule has 0 bridgehead atoms. The minimum atomic E-state index is -2.95. The lowest BCUT2D eigenvalue weighted by Crippen LogP contribution is -2.45. The normalized spacial score (nSPS) is 14.8. The number of carboxylic acid groups (broad SMARTS) is 1. The number of nitrogens with one attached hydrogen (secondary N) is 1. The second-order valence-electron chi connectivity index (χ2n) is 12.5. The van der Waals surface area contributed by atoms with Crippen LogP contribution in [0, 0.1) is 16.7 Å². The van der Waals surface area contributed by atoms with Crippen LogP contribution >= 0.6 is 6.89 Å². The number of carbonyl (C=O) groups is 2. The van der Waals surface area contributed by atoms with E-state index in [0.29, 0.717) is 12.8 Å². The molecule has 1 fully saturated rings. The topological polar surface area (TPSA) is 90.2 Å². The van der Waals surface area contributed by atoms with E-state index in [1.807, 2.05) is 91.0 Å². The second-order valence-corrected chi connectivity index (χ2v) is 15.8. The molecule has 1 aliphatic carbocycles. The smallest absolute Gasteiger partial charge is 0.405 e. The SMILES string of the molecule is N#CC(C(=O)[C@H](CCCCC1(Cc2ccccc2)CCCCC1)NC(=O)O)=P(c1ccccc1)(c1ccccc1)c1ccccc1. The molecule has 0 saturated heterocycles. The molecule has 4 aromatic rings. The Morgan fingerprint density at radius 3 is 1.67 bits per heavy atom. The van der Waals surface area contributed by atoms with Gasteiger partial charge in [0.05, 0.1) is 6.04 Å². The van der Waals surface area contributed by atoms with Crippen molar-refractivity contribution in [3.8, 4) is 6.07 Å². The first-order valence-corrected chi connectivity index (χ1v) is 18.2. The van der Waals surface area contributed by atoms with Gasteiger partial charge in [0, 0.05) is 0 Å². The van der Waals surface area contributed by atoms with Crippen LogP contribution in [0.1, 0.15) is 63.4 Å². The first-order valence-electron chi connectivity index (χ1n) is 16.4. The number of nitrogens with zero attached hydrogens (tertiary/aromatic N) is 1. The van der Waals surface area contributed by atoms with Crippen molar-refractivity contribution in [3.05, 3.63) is 127 Å². The molecule has 1 saturated carbocycles. The van der Waals surface area contributed by atoms with Crippen molar-refractivity contribution in [1.29, 1.82) is 5.26 Å². The van der Waals surface area contributed by atoms with Crippen molar-refractivity contribution in [2.45, 2.75) is 70.3 Å². The molecule has 2 N–H and O–H groups in total. The van der Waals surface area contributed by atoms with E-state index >= 15 is 0 Å². The molecule has 0 spiro atoms. The third-order valence-electron chi connectivity index (χ3n) is 9.51. The standard InChI is InChI=1S/C40H43N2O3P/c41-31-37(46(33-20-8-2-9-21-33,34-22-10-3-11-23-34)35-24-12-4-13-25-35)38(43)36(42-39(44)45)26-14-17-29-40(27-15-5-16-28-40)30-32-18-6-1-7-19-32/h1-4,6-13,18-25,36,42H,5,14-17,26-30H2,(H,44,45)/t36-/m0/s1. The third kappa shape index (κ3) is 7.52. The number of benzene rings is 4. The van der Waals surface area contributed by atoms with Crippen molar-refractivity contribution in [3.63, 3.8) is 0 Å². The van der Waals surface area contributed by atoms with Gasteiger partial charge in [0.1, 0.15) is 11.4 Å². The Morgan fingerprint density at radius 2 is 1.22 bits per heavy atom. The number of hydrogen-bond donors (Lipinski definition) is 2.